The number of likely N-dealkylation sites (N-methyl/N-ethyl adjacent to an activating group) is 1. The second kappa shape index (κ2) is 10.6. The first-order valence-electron chi connectivity index (χ1n) is 9.96. The van der Waals surface area contributed by atoms with Gasteiger partial charge in [-0.2, -0.15) is 0 Å². The van der Waals surface area contributed by atoms with Crippen molar-refractivity contribution >= 4 is 23.8 Å². The molecule has 0 aliphatic carbocycles. The van der Waals surface area contributed by atoms with E-state index in [1.54, 1.807) is 20.9 Å². The molecule has 2 rings (SSSR count). The molecule has 0 unspecified atom stereocenters. The van der Waals surface area contributed by atoms with Crippen molar-refractivity contribution in [3.8, 4) is 0 Å². The molecule has 0 spiro atoms. The van der Waals surface area contributed by atoms with Crippen LogP contribution >= 0.6 is 0 Å². The molecule has 1 aliphatic rings. The third-order valence-electron chi connectivity index (χ3n) is 5.40. The molecule has 0 bridgehead atoms. The molecule has 1 atom stereocenters. The van der Waals surface area contributed by atoms with Gasteiger partial charge in [-0.3, -0.25) is 9.59 Å². The minimum Gasteiger partial charge on any atom is -0.466 e. The van der Waals surface area contributed by atoms with Crippen molar-refractivity contribution < 1.29 is 33.4 Å². The van der Waals surface area contributed by atoms with Crippen LogP contribution < -0.4 is 5.32 Å². The summed E-state index contributed by atoms with van der Waals surface area (Å²) in [4.78, 5) is 51.9. The number of nitrogens with zero attached hydrogens (tertiary/aromatic N) is 1. The molecule has 0 saturated heterocycles. The van der Waals surface area contributed by atoms with Crippen LogP contribution in [0.3, 0.4) is 0 Å². The van der Waals surface area contributed by atoms with E-state index in [4.69, 9.17) is 14.2 Å². The summed E-state index contributed by atoms with van der Waals surface area (Å²) in [6.45, 7) is 4.44. The van der Waals surface area contributed by atoms with Gasteiger partial charge in [0.2, 0.25) is 0 Å². The number of amides is 1. The second-order valence-electron chi connectivity index (χ2n) is 7.32. The predicted molar refractivity (Wildman–Crippen MR) is 115 cm³/mol. The highest BCUT2D eigenvalue weighted by Gasteiger charge is 2.42. The maximum atomic E-state index is 13.0. The number of allylic oxidation sites excluding steroid dienone is 2. The molecule has 1 aromatic rings. The summed E-state index contributed by atoms with van der Waals surface area (Å²) >= 11 is 0. The van der Waals surface area contributed by atoms with Crippen LogP contribution in [0.5, 0.6) is 0 Å². The van der Waals surface area contributed by atoms with Gasteiger partial charge >= 0.3 is 17.9 Å². The van der Waals surface area contributed by atoms with E-state index in [9.17, 15) is 19.2 Å². The Labute approximate surface area is 187 Å². The summed E-state index contributed by atoms with van der Waals surface area (Å²) in [6, 6.07) is 9.15. The van der Waals surface area contributed by atoms with E-state index in [1.165, 1.54) is 4.90 Å². The maximum absolute atomic E-state index is 13.0. The molecule has 1 N–H and O–H groups in total. The Hall–Kier alpha value is -3.62. The summed E-state index contributed by atoms with van der Waals surface area (Å²) in [7, 11) is 3.93. The van der Waals surface area contributed by atoms with Gasteiger partial charge in [0, 0.05) is 18.4 Å². The lowest BCUT2D eigenvalue weighted by Crippen LogP contribution is -2.39. The van der Waals surface area contributed by atoms with Crippen LogP contribution in [0.25, 0.3) is 0 Å². The standard InChI is InChI=1S/C23H28N2O7/c1-13-18(21(27)30-5)20(19(14(2)24-13)22(28)31-6)23(29)32-12-17(26)25(4)15(3)16-10-8-7-9-11-16/h7-11,15,20,24H,12H2,1-6H3/t15-/m1/s1. The van der Waals surface area contributed by atoms with E-state index in [0.29, 0.717) is 11.4 Å². The molecule has 1 amide bonds. The number of rotatable bonds is 7. The van der Waals surface area contributed by atoms with Crippen molar-refractivity contribution in [3.05, 3.63) is 58.4 Å². The number of dihydropyridines is 1. The largest absolute Gasteiger partial charge is 0.466 e. The number of nitrogens with one attached hydrogen (secondary N) is 1. The molecule has 1 heterocycles. The Morgan fingerprint density at radius 2 is 1.47 bits per heavy atom. The van der Waals surface area contributed by atoms with E-state index >= 15 is 0 Å². The number of carbonyl (C=O) groups is 4. The van der Waals surface area contributed by atoms with Crippen molar-refractivity contribution in [1.29, 1.82) is 0 Å². The summed E-state index contributed by atoms with van der Waals surface area (Å²) in [5.74, 6) is -4.36. The van der Waals surface area contributed by atoms with Crippen LogP contribution in [0.15, 0.2) is 52.9 Å². The van der Waals surface area contributed by atoms with E-state index in [0.717, 1.165) is 19.8 Å². The van der Waals surface area contributed by atoms with Crippen LogP contribution in [-0.4, -0.2) is 56.6 Å². The van der Waals surface area contributed by atoms with E-state index in [1.807, 2.05) is 37.3 Å². The first kappa shape index (κ1) is 24.6. The molecule has 1 aromatic carbocycles. The Morgan fingerprint density at radius 1 is 0.969 bits per heavy atom. The number of benzene rings is 1. The van der Waals surface area contributed by atoms with Crippen molar-refractivity contribution in [2.24, 2.45) is 5.92 Å². The third-order valence-corrected chi connectivity index (χ3v) is 5.40. The number of carbonyl (C=O) groups excluding carboxylic acids is 4. The summed E-state index contributed by atoms with van der Waals surface area (Å²) < 4.78 is 14.8. The third kappa shape index (κ3) is 5.16. The SMILES string of the molecule is COC(=O)C1=C(C)NC(C)=C(C(=O)OC)C1C(=O)OCC(=O)N(C)[C@H](C)c1ccccc1. The molecular formula is C23H28N2O7. The quantitative estimate of drug-likeness (QED) is 0.501. The highest BCUT2D eigenvalue weighted by Crippen LogP contribution is 2.32. The number of hydrogen-bond donors (Lipinski definition) is 1. The van der Waals surface area contributed by atoms with E-state index < -0.39 is 36.3 Å². The molecule has 0 aromatic heterocycles. The normalized spacial score (nSPS) is 14.9. The number of hydrogen-bond acceptors (Lipinski definition) is 8. The van der Waals surface area contributed by atoms with Gasteiger partial charge in [-0.15, -0.1) is 0 Å². The number of esters is 3. The second-order valence-corrected chi connectivity index (χ2v) is 7.32. The van der Waals surface area contributed by atoms with Crippen LogP contribution in [0.2, 0.25) is 0 Å². The van der Waals surface area contributed by atoms with Crippen molar-refractivity contribution in [3.63, 3.8) is 0 Å². The minimum atomic E-state index is -1.39. The maximum Gasteiger partial charge on any atom is 0.336 e. The Morgan fingerprint density at radius 3 is 1.94 bits per heavy atom. The molecule has 0 fully saturated rings. The Kier molecular flexibility index (Phi) is 8.17. The first-order chi connectivity index (χ1) is 15.1. The number of ether oxygens (including phenoxy) is 3. The summed E-state index contributed by atoms with van der Waals surface area (Å²) in [6.07, 6.45) is 0. The van der Waals surface area contributed by atoms with Crippen molar-refractivity contribution in [1.82, 2.24) is 10.2 Å². The van der Waals surface area contributed by atoms with Crippen molar-refractivity contribution in [2.75, 3.05) is 27.9 Å². The van der Waals surface area contributed by atoms with Gasteiger partial charge in [-0.25, -0.2) is 9.59 Å². The molecule has 0 saturated carbocycles. The average molecular weight is 444 g/mol. The van der Waals surface area contributed by atoms with Gasteiger partial charge in [0.25, 0.3) is 5.91 Å². The molecule has 9 nitrogen and oxygen atoms in total. The molecular weight excluding hydrogens is 416 g/mol. The van der Waals surface area contributed by atoms with E-state index in [-0.39, 0.29) is 17.2 Å². The van der Waals surface area contributed by atoms with Gasteiger partial charge in [0.1, 0.15) is 5.92 Å². The van der Waals surface area contributed by atoms with Crippen LogP contribution in [-0.2, 0) is 33.4 Å². The van der Waals surface area contributed by atoms with Crippen LogP contribution in [0, 0.1) is 5.92 Å². The monoisotopic (exact) mass is 444 g/mol. The van der Waals surface area contributed by atoms with Crippen molar-refractivity contribution in [2.45, 2.75) is 26.8 Å². The minimum absolute atomic E-state index is 0.0815. The van der Waals surface area contributed by atoms with Crippen LogP contribution in [0.1, 0.15) is 32.4 Å². The van der Waals surface area contributed by atoms with Crippen LogP contribution in [0.4, 0.5) is 0 Å². The highest BCUT2D eigenvalue weighted by molar-refractivity contribution is 6.05. The highest BCUT2D eigenvalue weighted by atomic mass is 16.5. The van der Waals surface area contributed by atoms with Gasteiger partial charge in [0.15, 0.2) is 6.61 Å². The molecule has 172 valence electrons. The average Bonchev–Trinajstić information content (AvgIpc) is 2.80. The van der Waals surface area contributed by atoms with Gasteiger partial charge < -0.3 is 24.4 Å². The number of methoxy groups -OCH3 is 2. The predicted octanol–water partition coefficient (Wildman–Crippen LogP) is 1.86. The Bertz CT molecular complexity index is 928. The fraction of sp³-hybridized carbons (Fsp3) is 0.391. The molecule has 32 heavy (non-hydrogen) atoms. The zero-order valence-electron chi connectivity index (χ0n) is 19.1. The van der Waals surface area contributed by atoms with Gasteiger partial charge in [0.05, 0.1) is 31.4 Å². The van der Waals surface area contributed by atoms with Gasteiger partial charge in [-0.05, 0) is 26.3 Å². The summed E-state index contributed by atoms with van der Waals surface area (Å²) in [5, 5.41) is 2.89. The molecule has 9 heteroatoms. The lowest BCUT2D eigenvalue weighted by molar-refractivity contribution is -0.156. The lowest BCUT2D eigenvalue weighted by Gasteiger charge is -2.29. The van der Waals surface area contributed by atoms with Gasteiger partial charge in [-0.1, -0.05) is 30.3 Å². The smallest absolute Gasteiger partial charge is 0.336 e. The fourth-order valence-corrected chi connectivity index (χ4v) is 3.48. The fourth-order valence-electron chi connectivity index (χ4n) is 3.48. The topological polar surface area (TPSA) is 111 Å². The zero-order valence-corrected chi connectivity index (χ0v) is 19.1. The molecule has 1 aliphatic heterocycles. The zero-order chi connectivity index (χ0) is 24.0. The molecule has 0 radical (unpaired) electrons. The van der Waals surface area contributed by atoms with E-state index in [2.05, 4.69) is 5.32 Å². The Balaban J connectivity index is 2.23. The summed E-state index contributed by atoms with van der Waals surface area (Å²) in [5.41, 5.74) is 1.44. The first-order valence-corrected chi connectivity index (χ1v) is 9.96. The lowest BCUT2D eigenvalue weighted by atomic mass is 9.85.